The lowest BCUT2D eigenvalue weighted by atomic mass is 10.1. The van der Waals surface area contributed by atoms with E-state index in [0.29, 0.717) is 11.3 Å². The van der Waals surface area contributed by atoms with Crippen LogP contribution in [0.2, 0.25) is 0 Å². The summed E-state index contributed by atoms with van der Waals surface area (Å²) >= 11 is 0. The second kappa shape index (κ2) is 5.16. The Morgan fingerprint density at radius 3 is 2.62 bits per heavy atom. The van der Waals surface area contributed by atoms with E-state index in [9.17, 15) is 9.59 Å². The third-order valence-electron chi connectivity index (χ3n) is 2.12. The highest BCUT2D eigenvalue weighted by Crippen LogP contribution is 2.16. The van der Waals surface area contributed by atoms with Gasteiger partial charge in [0.15, 0.2) is 0 Å². The highest BCUT2D eigenvalue weighted by molar-refractivity contribution is 5.80. The lowest BCUT2D eigenvalue weighted by molar-refractivity contribution is -0.137. The van der Waals surface area contributed by atoms with Crippen LogP contribution in [0, 0.1) is 0 Å². The number of hydrogen-bond donors (Lipinski definition) is 3. The van der Waals surface area contributed by atoms with Crippen LogP contribution in [-0.2, 0) is 16.0 Å². The van der Waals surface area contributed by atoms with Crippen molar-refractivity contribution in [2.24, 2.45) is 5.73 Å². The van der Waals surface area contributed by atoms with Crippen molar-refractivity contribution in [2.75, 3.05) is 5.32 Å². The highest BCUT2D eigenvalue weighted by atomic mass is 16.4. The van der Waals surface area contributed by atoms with Gasteiger partial charge in [-0.25, -0.2) is 0 Å². The molecule has 0 fully saturated rings. The minimum absolute atomic E-state index is 0.0928. The van der Waals surface area contributed by atoms with Crippen LogP contribution in [0.25, 0.3) is 0 Å². The normalized spacial score (nSPS) is 11.8. The van der Waals surface area contributed by atoms with Crippen molar-refractivity contribution < 1.29 is 14.7 Å². The minimum atomic E-state index is -0.950. The summed E-state index contributed by atoms with van der Waals surface area (Å²) in [6.45, 7) is 1.53. The number of rotatable bonds is 5. The number of hydrogen-bond acceptors (Lipinski definition) is 3. The molecule has 1 unspecified atom stereocenters. The van der Waals surface area contributed by atoms with Crippen LogP contribution in [0.3, 0.4) is 0 Å². The molecule has 86 valence electrons. The van der Waals surface area contributed by atoms with Gasteiger partial charge in [0.1, 0.15) is 6.04 Å². The number of para-hydroxylation sites is 1. The predicted molar refractivity (Wildman–Crippen MR) is 60.1 cm³/mol. The second-order valence-electron chi connectivity index (χ2n) is 3.50. The van der Waals surface area contributed by atoms with E-state index < -0.39 is 17.9 Å². The van der Waals surface area contributed by atoms with Crippen molar-refractivity contribution in [1.82, 2.24) is 0 Å². The number of aliphatic carboxylic acids is 1. The SMILES string of the molecule is CC(Nc1ccccc1CC(N)=O)C(=O)O. The van der Waals surface area contributed by atoms with Gasteiger partial charge < -0.3 is 16.2 Å². The van der Waals surface area contributed by atoms with Crippen molar-refractivity contribution in [1.29, 1.82) is 0 Å². The molecule has 1 aromatic carbocycles. The monoisotopic (exact) mass is 222 g/mol. The van der Waals surface area contributed by atoms with Crippen LogP contribution in [0.4, 0.5) is 5.69 Å². The molecule has 16 heavy (non-hydrogen) atoms. The van der Waals surface area contributed by atoms with E-state index in [1.807, 2.05) is 0 Å². The Balaban J connectivity index is 2.86. The first-order valence-electron chi connectivity index (χ1n) is 4.86. The standard InChI is InChI=1S/C11H14N2O3/c1-7(11(15)16)13-9-5-3-2-4-8(9)6-10(12)14/h2-5,7,13H,6H2,1H3,(H2,12,14)(H,15,16). The molecule has 0 bridgehead atoms. The maximum absolute atomic E-state index is 10.8. The number of nitrogens with one attached hydrogen (secondary N) is 1. The number of primary amides is 1. The first-order chi connectivity index (χ1) is 7.50. The van der Waals surface area contributed by atoms with Gasteiger partial charge in [0.2, 0.25) is 5.91 Å². The fourth-order valence-corrected chi connectivity index (χ4v) is 1.30. The molecule has 1 amide bonds. The first kappa shape index (κ1) is 12.0. The van der Waals surface area contributed by atoms with Gasteiger partial charge in [-0.1, -0.05) is 18.2 Å². The predicted octanol–water partition coefficient (Wildman–Crippen LogP) is 0.599. The molecule has 0 heterocycles. The Bertz CT molecular complexity index is 404. The summed E-state index contributed by atoms with van der Waals surface area (Å²) in [6, 6.07) is 6.28. The Labute approximate surface area is 93.3 Å². The van der Waals surface area contributed by atoms with Crippen molar-refractivity contribution in [3.05, 3.63) is 29.8 Å². The maximum Gasteiger partial charge on any atom is 0.325 e. The molecule has 1 atom stereocenters. The summed E-state index contributed by atoms with van der Waals surface area (Å²) in [5.41, 5.74) is 6.42. The number of carboxylic acids is 1. The van der Waals surface area contributed by atoms with Crippen LogP contribution < -0.4 is 11.1 Å². The van der Waals surface area contributed by atoms with Gasteiger partial charge in [0.05, 0.1) is 6.42 Å². The van der Waals surface area contributed by atoms with Crippen molar-refractivity contribution in [3.63, 3.8) is 0 Å². The zero-order valence-corrected chi connectivity index (χ0v) is 8.93. The molecule has 0 aromatic heterocycles. The third-order valence-corrected chi connectivity index (χ3v) is 2.12. The van der Waals surface area contributed by atoms with E-state index in [4.69, 9.17) is 10.8 Å². The quantitative estimate of drug-likeness (QED) is 0.680. The van der Waals surface area contributed by atoms with Crippen LogP contribution in [0.1, 0.15) is 12.5 Å². The summed E-state index contributed by atoms with van der Waals surface area (Å²) in [6.07, 6.45) is 0.0928. The molecule has 0 spiro atoms. The fourth-order valence-electron chi connectivity index (χ4n) is 1.30. The Morgan fingerprint density at radius 1 is 1.44 bits per heavy atom. The number of anilines is 1. The molecule has 0 radical (unpaired) electrons. The van der Waals surface area contributed by atoms with Gasteiger partial charge >= 0.3 is 5.97 Å². The molecule has 5 nitrogen and oxygen atoms in total. The molecule has 0 saturated carbocycles. The molecule has 0 saturated heterocycles. The van der Waals surface area contributed by atoms with Gasteiger partial charge in [0.25, 0.3) is 0 Å². The molecular weight excluding hydrogens is 208 g/mol. The molecular formula is C11H14N2O3. The molecule has 0 aliphatic heterocycles. The maximum atomic E-state index is 10.8. The van der Waals surface area contributed by atoms with E-state index in [-0.39, 0.29) is 6.42 Å². The number of carbonyl (C=O) groups excluding carboxylic acids is 1. The van der Waals surface area contributed by atoms with Crippen LogP contribution in [0.5, 0.6) is 0 Å². The van der Waals surface area contributed by atoms with E-state index in [2.05, 4.69) is 5.32 Å². The summed E-state index contributed by atoms with van der Waals surface area (Å²) in [7, 11) is 0. The number of nitrogens with two attached hydrogens (primary N) is 1. The van der Waals surface area contributed by atoms with Crippen molar-refractivity contribution in [2.45, 2.75) is 19.4 Å². The molecule has 1 aromatic rings. The van der Waals surface area contributed by atoms with Gasteiger partial charge in [-0.3, -0.25) is 9.59 Å². The first-order valence-corrected chi connectivity index (χ1v) is 4.86. The Morgan fingerprint density at radius 2 is 2.06 bits per heavy atom. The van der Waals surface area contributed by atoms with Gasteiger partial charge in [-0.15, -0.1) is 0 Å². The molecule has 5 heteroatoms. The molecule has 0 aliphatic carbocycles. The Kier molecular flexibility index (Phi) is 3.88. The van der Waals surface area contributed by atoms with E-state index in [0.717, 1.165) is 0 Å². The summed E-state index contributed by atoms with van der Waals surface area (Å²) < 4.78 is 0. The average molecular weight is 222 g/mol. The van der Waals surface area contributed by atoms with Crippen LogP contribution in [0.15, 0.2) is 24.3 Å². The largest absolute Gasteiger partial charge is 0.480 e. The smallest absolute Gasteiger partial charge is 0.325 e. The van der Waals surface area contributed by atoms with Gasteiger partial charge in [0, 0.05) is 5.69 Å². The zero-order valence-electron chi connectivity index (χ0n) is 8.93. The van der Waals surface area contributed by atoms with Crippen LogP contribution >= 0.6 is 0 Å². The van der Waals surface area contributed by atoms with E-state index in [1.165, 1.54) is 6.92 Å². The van der Waals surface area contributed by atoms with Crippen molar-refractivity contribution in [3.8, 4) is 0 Å². The zero-order chi connectivity index (χ0) is 12.1. The second-order valence-corrected chi connectivity index (χ2v) is 3.50. The number of carbonyl (C=O) groups is 2. The molecule has 0 aliphatic rings. The molecule has 4 N–H and O–H groups in total. The fraction of sp³-hybridized carbons (Fsp3) is 0.273. The Hall–Kier alpha value is -2.04. The topological polar surface area (TPSA) is 92.4 Å². The van der Waals surface area contributed by atoms with Gasteiger partial charge in [-0.05, 0) is 18.6 Å². The summed E-state index contributed by atoms with van der Waals surface area (Å²) in [5.74, 6) is -1.40. The third kappa shape index (κ3) is 3.27. The minimum Gasteiger partial charge on any atom is -0.480 e. The van der Waals surface area contributed by atoms with Gasteiger partial charge in [-0.2, -0.15) is 0 Å². The lowest BCUT2D eigenvalue weighted by Gasteiger charge is -2.14. The lowest BCUT2D eigenvalue weighted by Crippen LogP contribution is -2.26. The van der Waals surface area contributed by atoms with Crippen molar-refractivity contribution >= 4 is 17.6 Å². The number of carboxylic acid groups (broad SMARTS) is 1. The summed E-state index contributed by atoms with van der Waals surface area (Å²) in [4.78, 5) is 21.5. The highest BCUT2D eigenvalue weighted by Gasteiger charge is 2.12. The molecule has 1 rings (SSSR count). The van der Waals surface area contributed by atoms with E-state index >= 15 is 0 Å². The average Bonchev–Trinajstić information content (AvgIpc) is 2.20. The van der Waals surface area contributed by atoms with Crippen LogP contribution in [-0.4, -0.2) is 23.0 Å². The number of benzene rings is 1. The number of amides is 1. The van der Waals surface area contributed by atoms with E-state index in [1.54, 1.807) is 24.3 Å². The summed E-state index contributed by atoms with van der Waals surface area (Å²) in [5, 5.41) is 11.6.